The van der Waals surface area contributed by atoms with E-state index in [1.807, 2.05) is 31.2 Å². The second-order valence-electron chi connectivity index (χ2n) is 6.04. The fourth-order valence-corrected chi connectivity index (χ4v) is 2.40. The highest BCUT2D eigenvalue weighted by atomic mass is 16.6. The molecular weight excluding hydrogens is 350 g/mol. The molecule has 1 heterocycles. The molecule has 3 aromatic rings. The van der Waals surface area contributed by atoms with Crippen molar-refractivity contribution in [1.29, 1.82) is 0 Å². The quantitative estimate of drug-likeness (QED) is 0.370. The number of nitrogens with zero attached hydrogens (tertiary/aromatic N) is 3. The van der Waals surface area contributed by atoms with Crippen LogP contribution in [0.25, 0.3) is 11.5 Å². The molecule has 0 aliphatic rings. The van der Waals surface area contributed by atoms with Gasteiger partial charge in [0.05, 0.1) is 11.3 Å². The normalized spacial score (nSPS) is 11.8. The van der Waals surface area contributed by atoms with Crippen LogP contribution in [-0.2, 0) is 16.0 Å². The van der Waals surface area contributed by atoms with Crippen molar-refractivity contribution in [2.24, 2.45) is 0 Å². The number of hydrogen-bond acceptors (Lipinski definition) is 7. The van der Waals surface area contributed by atoms with Crippen LogP contribution in [0.3, 0.4) is 0 Å². The lowest BCUT2D eigenvalue weighted by Crippen LogP contribution is -2.11. The van der Waals surface area contributed by atoms with Crippen molar-refractivity contribution in [1.82, 2.24) is 10.2 Å². The molecule has 0 spiro atoms. The number of hydrogen-bond donors (Lipinski definition) is 0. The molecular formula is C19H17N3O5. The first kappa shape index (κ1) is 18.2. The van der Waals surface area contributed by atoms with Gasteiger partial charge in [0.25, 0.3) is 11.6 Å². The minimum atomic E-state index is -0.706. The Bertz CT molecular complexity index is 948. The highest BCUT2D eigenvalue weighted by Crippen LogP contribution is 2.24. The molecule has 0 amide bonds. The highest BCUT2D eigenvalue weighted by molar-refractivity contribution is 5.72. The first-order valence-electron chi connectivity index (χ1n) is 8.25. The Balaban J connectivity index is 1.63. The number of non-ortho nitro benzene ring substituents is 1. The third-order valence-corrected chi connectivity index (χ3v) is 3.89. The Labute approximate surface area is 155 Å². The van der Waals surface area contributed by atoms with Gasteiger partial charge in [-0.05, 0) is 31.5 Å². The molecule has 1 atom stereocenters. The standard InChI is InChI=1S/C19H17N3O5/c1-12-3-5-14(6-4-12)11-17(23)26-13(2)18-20-21-19(27-18)15-7-9-16(10-8-15)22(24)25/h3-10,13H,11H2,1-2H3/t13-/m0/s1. The number of benzene rings is 2. The molecule has 27 heavy (non-hydrogen) atoms. The van der Waals surface area contributed by atoms with Gasteiger partial charge in [0.1, 0.15) is 0 Å². The zero-order valence-electron chi connectivity index (χ0n) is 14.8. The van der Waals surface area contributed by atoms with E-state index in [0.717, 1.165) is 11.1 Å². The van der Waals surface area contributed by atoms with Crippen molar-refractivity contribution >= 4 is 11.7 Å². The van der Waals surface area contributed by atoms with Crippen LogP contribution >= 0.6 is 0 Å². The summed E-state index contributed by atoms with van der Waals surface area (Å²) in [5.41, 5.74) is 2.48. The van der Waals surface area contributed by atoms with Crippen molar-refractivity contribution < 1.29 is 18.9 Å². The van der Waals surface area contributed by atoms with Crippen LogP contribution in [0.1, 0.15) is 30.0 Å². The third-order valence-electron chi connectivity index (χ3n) is 3.89. The molecule has 0 radical (unpaired) electrons. The van der Waals surface area contributed by atoms with E-state index in [1.54, 1.807) is 6.92 Å². The van der Waals surface area contributed by atoms with E-state index >= 15 is 0 Å². The lowest BCUT2D eigenvalue weighted by Gasteiger charge is -2.09. The molecule has 138 valence electrons. The summed E-state index contributed by atoms with van der Waals surface area (Å²) in [6.07, 6.45) is -0.559. The van der Waals surface area contributed by atoms with E-state index < -0.39 is 17.0 Å². The maximum Gasteiger partial charge on any atom is 0.311 e. The summed E-state index contributed by atoms with van der Waals surface area (Å²) in [6.45, 7) is 3.61. The molecule has 0 bridgehead atoms. The van der Waals surface area contributed by atoms with E-state index in [4.69, 9.17) is 9.15 Å². The van der Waals surface area contributed by atoms with E-state index in [1.165, 1.54) is 24.3 Å². The van der Waals surface area contributed by atoms with Crippen LogP contribution in [0.5, 0.6) is 0 Å². The van der Waals surface area contributed by atoms with E-state index in [2.05, 4.69) is 10.2 Å². The minimum Gasteiger partial charge on any atom is -0.452 e. The van der Waals surface area contributed by atoms with Gasteiger partial charge >= 0.3 is 5.97 Å². The molecule has 0 aliphatic heterocycles. The molecule has 3 rings (SSSR count). The topological polar surface area (TPSA) is 108 Å². The average Bonchev–Trinajstić information content (AvgIpc) is 3.14. The second kappa shape index (κ2) is 7.77. The zero-order chi connectivity index (χ0) is 19.4. The average molecular weight is 367 g/mol. The van der Waals surface area contributed by atoms with Gasteiger partial charge in [-0.25, -0.2) is 0 Å². The van der Waals surface area contributed by atoms with Gasteiger partial charge in [0.2, 0.25) is 5.89 Å². The van der Waals surface area contributed by atoms with E-state index in [0.29, 0.717) is 5.56 Å². The van der Waals surface area contributed by atoms with Gasteiger partial charge in [-0.3, -0.25) is 14.9 Å². The molecule has 0 saturated heterocycles. The first-order chi connectivity index (χ1) is 12.9. The SMILES string of the molecule is Cc1ccc(CC(=O)O[C@@H](C)c2nnc(-c3ccc([N+](=O)[O-])cc3)o2)cc1. The first-order valence-corrected chi connectivity index (χ1v) is 8.25. The van der Waals surface area contributed by atoms with Crippen molar-refractivity contribution in [3.8, 4) is 11.5 Å². The highest BCUT2D eigenvalue weighted by Gasteiger charge is 2.19. The van der Waals surface area contributed by atoms with Crippen molar-refractivity contribution in [2.45, 2.75) is 26.4 Å². The monoisotopic (exact) mass is 367 g/mol. The lowest BCUT2D eigenvalue weighted by molar-refractivity contribution is -0.384. The van der Waals surface area contributed by atoms with Gasteiger partial charge in [-0.15, -0.1) is 10.2 Å². The summed E-state index contributed by atoms with van der Waals surface area (Å²) in [4.78, 5) is 22.3. The molecule has 0 aliphatic carbocycles. The number of nitro groups is 1. The molecule has 0 saturated carbocycles. The maximum absolute atomic E-state index is 12.1. The van der Waals surface area contributed by atoms with E-state index in [9.17, 15) is 14.9 Å². The van der Waals surface area contributed by atoms with Gasteiger partial charge in [0, 0.05) is 17.7 Å². The second-order valence-corrected chi connectivity index (χ2v) is 6.04. The molecule has 8 nitrogen and oxygen atoms in total. The molecule has 1 aromatic heterocycles. The van der Waals surface area contributed by atoms with Crippen LogP contribution < -0.4 is 0 Å². The van der Waals surface area contributed by atoms with E-state index in [-0.39, 0.29) is 23.9 Å². The van der Waals surface area contributed by atoms with Crippen LogP contribution in [0.2, 0.25) is 0 Å². The molecule has 2 aromatic carbocycles. The molecule has 0 fully saturated rings. The summed E-state index contributed by atoms with van der Waals surface area (Å²) < 4.78 is 10.9. The number of aromatic nitrogens is 2. The van der Waals surface area contributed by atoms with Crippen LogP contribution in [0.15, 0.2) is 52.9 Å². The summed E-state index contributed by atoms with van der Waals surface area (Å²) in [5, 5.41) is 18.5. The van der Waals surface area contributed by atoms with Crippen molar-refractivity contribution in [3.63, 3.8) is 0 Å². The summed E-state index contributed by atoms with van der Waals surface area (Å²) >= 11 is 0. The minimum absolute atomic E-state index is 0.0307. The fourth-order valence-electron chi connectivity index (χ4n) is 2.40. The molecule has 0 N–H and O–H groups in total. The maximum atomic E-state index is 12.1. The predicted molar refractivity (Wildman–Crippen MR) is 95.8 cm³/mol. The van der Waals surface area contributed by atoms with Gasteiger partial charge < -0.3 is 9.15 Å². The number of carbonyl (C=O) groups excluding carboxylic acids is 1. The van der Waals surface area contributed by atoms with Crippen molar-refractivity contribution in [2.75, 3.05) is 0 Å². The Hall–Kier alpha value is -3.55. The lowest BCUT2D eigenvalue weighted by atomic mass is 10.1. The smallest absolute Gasteiger partial charge is 0.311 e. The molecule has 0 unspecified atom stereocenters. The predicted octanol–water partition coefficient (Wildman–Crippen LogP) is 3.80. The van der Waals surface area contributed by atoms with Gasteiger partial charge in [0.15, 0.2) is 6.10 Å². The Morgan fingerprint density at radius 2 is 1.81 bits per heavy atom. The number of carbonyl (C=O) groups is 1. The largest absolute Gasteiger partial charge is 0.452 e. The van der Waals surface area contributed by atoms with Crippen LogP contribution in [-0.4, -0.2) is 21.1 Å². The number of esters is 1. The third kappa shape index (κ3) is 4.55. The zero-order valence-corrected chi connectivity index (χ0v) is 14.8. The number of rotatable bonds is 6. The van der Waals surface area contributed by atoms with Crippen LogP contribution in [0.4, 0.5) is 5.69 Å². The number of ether oxygens (including phenoxy) is 1. The fraction of sp³-hybridized carbons (Fsp3) is 0.211. The Kier molecular flexibility index (Phi) is 5.25. The summed E-state index contributed by atoms with van der Waals surface area (Å²) in [5.74, 6) is -0.0524. The summed E-state index contributed by atoms with van der Waals surface area (Å²) in [7, 11) is 0. The Morgan fingerprint density at radius 3 is 2.44 bits per heavy atom. The Morgan fingerprint density at radius 1 is 1.15 bits per heavy atom. The van der Waals surface area contributed by atoms with Crippen LogP contribution in [0, 0.1) is 17.0 Å². The summed E-state index contributed by atoms with van der Waals surface area (Å²) in [6, 6.07) is 13.4. The van der Waals surface area contributed by atoms with Crippen molar-refractivity contribution in [3.05, 3.63) is 75.7 Å². The number of nitro benzene ring substituents is 1. The van der Waals surface area contributed by atoms with Gasteiger partial charge in [-0.2, -0.15) is 0 Å². The van der Waals surface area contributed by atoms with Gasteiger partial charge in [-0.1, -0.05) is 29.8 Å². The number of aryl methyl sites for hydroxylation is 1. The molecule has 8 heteroatoms.